The van der Waals surface area contributed by atoms with Gasteiger partial charge in [-0.3, -0.25) is 0 Å². The van der Waals surface area contributed by atoms with Crippen molar-refractivity contribution in [2.75, 3.05) is 13.1 Å². The van der Waals surface area contributed by atoms with Gasteiger partial charge in [-0.15, -0.1) is 11.8 Å². The van der Waals surface area contributed by atoms with E-state index in [0.717, 1.165) is 18.9 Å². The highest BCUT2D eigenvalue weighted by Crippen LogP contribution is 2.28. The summed E-state index contributed by atoms with van der Waals surface area (Å²) >= 11 is 0. The summed E-state index contributed by atoms with van der Waals surface area (Å²) in [4.78, 5) is 0. The zero-order chi connectivity index (χ0) is 10.1. The minimum absolute atomic E-state index is 1.000. The standard InChI is InChI=1S/C13H23N/c1-2-3-6-11-14-12-7-10-13-8-4-5-9-13/h13-14H,4-12H2,1H3. The van der Waals surface area contributed by atoms with Gasteiger partial charge in [0.2, 0.25) is 0 Å². The lowest BCUT2D eigenvalue weighted by Crippen LogP contribution is -2.16. The van der Waals surface area contributed by atoms with Crippen LogP contribution in [0.5, 0.6) is 0 Å². The number of nitrogens with one attached hydrogen (secondary N) is 1. The Balaban J connectivity index is 1.81. The molecule has 0 aromatic heterocycles. The molecule has 0 aliphatic heterocycles. The molecule has 0 radical (unpaired) electrons. The van der Waals surface area contributed by atoms with Crippen molar-refractivity contribution in [2.24, 2.45) is 5.92 Å². The molecular weight excluding hydrogens is 170 g/mol. The molecule has 0 aromatic rings. The Kier molecular flexibility index (Phi) is 6.53. The molecule has 1 fully saturated rings. The molecule has 1 aliphatic rings. The first-order valence-corrected chi connectivity index (χ1v) is 6.04. The molecule has 1 rings (SSSR count). The Morgan fingerprint density at radius 1 is 1.21 bits per heavy atom. The van der Waals surface area contributed by atoms with E-state index in [4.69, 9.17) is 0 Å². The maximum Gasteiger partial charge on any atom is 0.0214 e. The molecule has 0 bridgehead atoms. The molecule has 0 aromatic carbocycles. The summed E-state index contributed by atoms with van der Waals surface area (Å²) in [6.07, 6.45) is 9.72. The summed E-state index contributed by atoms with van der Waals surface area (Å²) < 4.78 is 0. The van der Waals surface area contributed by atoms with Crippen LogP contribution in [0.25, 0.3) is 0 Å². The Morgan fingerprint density at radius 2 is 2.00 bits per heavy atom. The second-order valence-electron chi connectivity index (χ2n) is 4.22. The summed E-state index contributed by atoms with van der Waals surface area (Å²) in [5.41, 5.74) is 0. The lowest BCUT2D eigenvalue weighted by molar-refractivity contribution is 0.472. The van der Waals surface area contributed by atoms with Crippen molar-refractivity contribution in [1.29, 1.82) is 0 Å². The van der Waals surface area contributed by atoms with Crippen LogP contribution >= 0.6 is 0 Å². The van der Waals surface area contributed by atoms with Crippen molar-refractivity contribution >= 4 is 0 Å². The van der Waals surface area contributed by atoms with E-state index in [1.165, 1.54) is 45.1 Å². The van der Waals surface area contributed by atoms with Crippen LogP contribution in [0, 0.1) is 17.8 Å². The van der Waals surface area contributed by atoms with Gasteiger partial charge in [0.05, 0.1) is 0 Å². The van der Waals surface area contributed by atoms with Gasteiger partial charge < -0.3 is 5.32 Å². The predicted molar refractivity (Wildman–Crippen MR) is 62.1 cm³/mol. The average Bonchev–Trinajstić information content (AvgIpc) is 2.69. The third-order valence-electron chi connectivity index (χ3n) is 3.04. The molecule has 1 aliphatic carbocycles. The van der Waals surface area contributed by atoms with E-state index in [2.05, 4.69) is 17.2 Å². The maximum absolute atomic E-state index is 3.44. The maximum atomic E-state index is 3.44. The molecule has 0 spiro atoms. The zero-order valence-corrected chi connectivity index (χ0v) is 9.44. The van der Waals surface area contributed by atoms with E-state index in [-0.39, 0.29) is 0 Å². The van der Waals surface area contributed by atoms with Gasteiger partial charge in [0.1, 0.15) is 0 Å². The van der Waals surface area contributed by atoms with Gasteiger partial charge in [-0.25, -0.2) is 0 Å². The summed E-state index contributed by atoms with van der Waals surface area (Å²) in [6.45, 7) is 4.15. The molecule has 0 heterocycles. The molecule has 1 N–H and O–H groups in total. The topological polar surface area (TPSA) is 12.0 Å². The average molecular weight is 193 g/mol. The van der Waals surface area contributed by atoms with Crippen LogP contribution < -0.4 is 5.32 Å². The van der Waals surface area contributed by atoms with Gasteiger partial charge in [-0.05, 0) is 32.2 Å². The van der Waals surface area contributed by atoms with E-state index >= 15 is 0 Å². The summed E-state index contributed by atoms with van der Waals surface area (Å²) in [5, 5.41) is 3.44. The molecule has 0 unspecified atom stereocenters. The van der Waals surface area contributed by atoms with Crippen molar-refractivity contribution in [3.8, 4) is 11.8 Å². The quantitative estimate of drug-likeness (QED) is 0.505. The monoisotopic (exact) mass is 193 g/mol. The van der Waals surface area contributed by atoms with Gasteiger partial charge >= 0.3 is 0 Å². The summed E-state index contributed by atoms with van der Waals surface area (Å²) in [5.74, 6) is 7.03. The Hall–Kier alpha value is -0.480. The van der Waals surface area contributed by atoms with Crippen molar-refractivity contribution in [2.45, 2.75) is 51.9 Å². The molecule has 1 nitrogen and oxygen atoms in total. The van der Waals surface area contributed by atoms with Crippen molar-refractivity contribution in [1.82, 2.24) is 5.32 Å². The van der Waals surface area contributed by atoms with Gasteiger partial charge in [0.25, 0.3) is 0 Å². The van der Waals surface area contributed by atoms with Crippen LogP contribution in [0.4, 0.5) is 0 Å². The van der Waals surface area contributed by atoms with E-state index in [1.807, 2.05) is 6.92 Å². The molecule has 14 heavy (non-hydrogen) atoms. The van der Waals surface area contributed by atoms with Gasteiger partial charge in [0.15, 0.2) is 0 Å². The van der Waals surface area contributed by atoms with Crippen LogP contribution in [0.2, 0.25) is 0 Å². The van der Waals surface area contributed by atoms with Gasteiger partial charge in [-0.2, -0.15) is 0 Å². The third-order valence-corrected chi connectivity index (χ3v) is 3.04. The fourth-order valence-electron chi connectivity index (χ4n) is 2.22. The normalized spacial score (nSPS) is 16.6. The van der Waals surface area contributed by atoms with E-state index < -0.39 is 0 Å². The van der Waals surface area contributed by atoms with E-state index in [0.29, 0.717) is 0 Å². The number of hydrogen-bond acceptors (Lipinski definition) is 1. The van der Waals surface area contributed by atoms with Crippen molar-refractivity contribution in [3.05, 3.63) is 0 Å². The highest BCUT2D eigenvalue weighted by molar-refractivity contribution is 4.95. The molecule has 80 valence electrons. The molecule has 0 saturated heterocycles. The second kappa shape index (κ2) is 7.88. The Morgan fingerprint density at radius 3 is 2.71 bits per heavy atom. The summed E-state index contributed by atoms with van der Waals surface area (Å²) in [6, 6.07) is 0. The molecule has 0 atom stereocenters. The minimum Gasteiger partial charge on any atom is -0.316 e. The van der Waals surface area contributed by atoms with Gasteiger partial charge in [-0.1, -0.05) is 25.7 Å². The number of hydrogen-bond donors (Lipinski definition) is 1. The largest absolute Gasteiger partial charge is 0.316 e. The van der Waals surface area contributed by atoms with Crippen LogP contribution in [-0.4, -0.2) is 13.1 Å². The molecular formula is C13H23N. The number of rotatable bonds is 6. The SMILES string of the molecule is CC#CCCNCCCC1CCCC1. The lowest BCUT2D eigenvalue weighted by atomic mass is 10.0. The Labute approximate surface area is 88.7 Å². The van der Waals surface area contributed by atoms with Crippen LogP contribution in [0.15, 0.2) is 0 Å². The van der Waals surface area contributed by atoms with E-state index in [9.17, 15) is 0 Å². The van der Waals surface area contributed by atoms with Crippen molar-refractivity contribution < 1.29 is 0 Å². The highest BCUT2D eigenvalue weighted by Gasteiger charge is 2.13. The first kappa shape index (κ1) is 11.6. The lowest BCUT2D eigenvalue weighted by Gasteiger charge is -2.08. The smallest absolute Gasteiger partial charge is 0.0214 e. The van der Waals surface area contributed by atoms with Gasteiger partial charge in [0, 0.05) is 13.0 Å². The fraction of sp³-hybridized carbons (Fsp3) is 0.846. The van der Waals surface area contributed by atoms with E-state index in [1.54, 1.807) is 0 Å². The van der Waals surface area contributed by atoms with Crippen LogP contribution in [0.3, 0.4) is 0 Å². The minimum atomic E-state index is 1.000. The van der Waals surface area contributed by atoms with Crippen molar-refractivity contribution in [3.63, 3.8) is 0 Å². The second-order valence-corrected chi connectivity index (χ2v) is 4.22. The van der Waals surface area contributed by atoms with Crippen LogP contribution in [-0.2, 0) is 0 Å². The molecule has 0 amide bonds. The third kappa shape index (κ3) is 5.29. The van der Waals surface area contributed by atoms with Crippen LogP contribution in [0.1, 0.15) is 51.9 Å². The first-order chi connectivity index (χ1) is 6.93. The molecule has 1 saturated carbocycles. The first-order valence-electron chi connectivity index (χ1n) is 6.04. The summed E-state index contributed by atoms with van der Waals surface area (Å²) in [7, 11) is 0. The molecule has 1 heteroatoms. The predicted octanol–water partition coefficient (Wildman–Crippen LogP) is 2.96. The Bertz CT molecular complexity index is 181. The fourth-order valence-corrected chi connectivity index (χ4v) is 2.22. The zero-order valence-electron chi connectivity index (χ0n) is 9.44. The highest BCUT2D eigenvalue weighted by atomic mass is 14.8.